The molecule has 0 aliphatic carbocycles. The van der Waals surface area contributed by atoms with Crippen molar-refractivity contribution in [3.63, 3.8) is 0 Å². The average Bonchev–Trinajstić information content (AvgIpc) is 2.54. The Bertz CT molecular complexity index is 638. The van der Waals surface area contributed by atoms with E-state index in [4.69, 9.17) is 0 Å². The third-order valence-corrected chi connectivity index (χ3v) is 4.72. The Morgan fingerprint density at radius 3 is 1.04 bits per heavy atom. The summed E-state index contributed by atoms with van der Waals surface area (Å²) in [6.45, 7) is 0. The summed E-state index contributed by atoms with van der Waals surface area (Å²) in [6, 6.07) is 8.32. The highest BCUT2D eigenvalue weighted by Gasteiger charge is 2.72. The zero-order valence-electron chi connectivity index (χ0n) is 12.7. The SMILES string of the molecule is FC(F)(F)C(c1ccc(CS)cc1)(c1ccc(CS)cc1)C(F)(F)F. The van der Waals surface area contributed by atoms with Gasteiger partial charge < -0.3 is 0 Å². The Kier molecular flexibility index (Phi) is 5.73. The molecule has 0 aliphatic heterocycles. The topological polar surface area (TPSA) is 0 Å². The van der Waals surface area contributed by atoms with Crippen LogP contribution in [0.4, 0.5) is 26.3 Å². The third-order valence-electron chi connectivity index (χ3n) is 3.99. The third kappa shape index (κ3) is 3.51. The normalized spacial score (nSPS) is 13.1. The first-order chi connectivity index (χ1) is 11.6. The maximum Gasteiger partial charge on any atom is 0.411 e. The second-order valence-corrected chi connectivity index (χ2v) is 6.09. The van der Waals surface area contributed by atoms with Gasteiger partial charge in [0.2, 0.25) is 5.41 Å². The van der Waals surface area contributed by atoms with E-state index in [9.17, 15) is 26.3 Å². The van der Waals surface area contributed by atoms with Crippen molar-refractivity contribution in [2.24, 2.45) is 0 Å². The van der Waals surface area contributed by atoms with Crippen molar-refractivity contribution in [3.8, 4) is 0 Å². The molecule has 0 aromatic heterocycles. The molecule has 0 spiro atoms. The highest BCUT2D eigenvalue weighted by molar-refractivity contribution is 7.79. The van der Waals surface area contributed by atoms with E-state index in [-0.39, 0.29) is 11.5 Å². The van der Waals surface area contributed by atoms with Crippen molar-refractivity contribution in [2.45, 2.75) is 29.3 Å². The van der Waals surface area contributed by atoms with Crippen LogP contribution in [0.25, 0.3) is 0 Å². The standard InChI is InChI=1S/C17H14F6S2/c18-16(19,20)15(17(21,22)23,13-5-1-11(9-24)2-6-13)14-7-3-12(10-25)4-8-14/h1-8,24-25H,9-10H2. The largest absolute Gasteiger partial charge is 0.411 e. The lowest BCUT2D eigenvalue weighted by Crippen LogP contribution is -2.54. The molecule has 0 bridgehead atoms. The van der Waals surface area contributed by atoms with Gasteiger partial charge in [0.05, 0.1) is 0 Å². The summed E-state index contributed by atoms with van der Waals surface area (Å²) >= 11 is 7.94. The van der Waals surface area contributed by atoms with Gasteiger partial charge in [-0.1, -0.05) is 48.5 Å². The van der Waals surface area contributed by atoms with Gasteiger partial charge in [0.1, 0.15) is 0 Å². The van der Waals surface area contributed by atoms with E-state index in [1.54, 1.807) is 0 Å². The fourth-order valence-electron chi connectivity index (χ4n) is 2.70. The summed E-state index contributed by atoms with van der Waals surface area (Å²) in [4.78, 5) is 0. The Labute approximate surface area is 152 Å². The summed E-state index contributed by atoms with van der Waals surface area (Å²) in [7, 11) is 0. The van der Waals surface area contributed by atoms with Crippen LogP contribution < -0.4 is 0 Å². The van der Waals surface area contributed by atoms with Crippen molar-refractivity contribution in [3.05, 3.63) is 70.8 Å². The van der Waals surface area contributed by atoms with Gasteiger partial charge in [-0.05, 0) is 22.3 Å². The number of alkyl halides is 6. The van der Waals surface area contributed by atoms with Gasteiger partial charge in [0.15, 0.2) is 0 Å². The van der Waals surface area contributed by atoms with Crippen LogP contribution in [-0.4, -0.2) is 12.4 Å². The van der Waals surface area contributed by atoms with Gasteiger partial charge in [0.25, 0.3) is 0 Å². The molecule has 0 saturated carbocycles. The quantitative estimate of drug-likeness (QED) is 0.463. The number of hydrogen-bond acceptors (Lipinski definition) is 2. The molecule has 25 heavy (non-hydrogen) atoms. The second-order valence-electron chi connectivity index (χ2n) is 5.46. The van der Waals surface area contributed by atoms with Gasteiger partial charge in [-0.2, -0.15) is 51.6 Å². The molecule has 0 aliphatic rings. The summed E-state index contributed by atoms with van der Waals surface area (Å²) < 4.78 is 83.1. The van der Waals surface area contributed by atoms with Crippen molar-refractivity contribution in [1.82, 2.24) is 0 Å². The molecule has 0 amide bonds. The van der Waals surface area contributed by atoms with Crippen molar-refractivity contribution >= 4 is 25.3 Å². The smallest absolute Gasteiger partial charge is 0.175 e. The minimum absolute atomic E-state index is 0.210. The summed E-state index contributed by atoms with van der Waals surface area (Å²) in [5.74, 6) is 0.421. The molecule has 0 saturated heterocycles. The van der Waals surface area contributed by atoms with Gasteiger partial charge >= 0.3 is 12.4 Å². The van der Waals surface area contributed by atoms with E-state index in [1.807, 2.05) is 0 Å². The van der Waals surface area contributed by atoms with E-state index in [2.05, 4.69) is 25.3 Å². The average molecular weight is 396 g/mol. The van der Waals surface area contributed by atoms with Crippen molar-refractivity contribution < 1.29 is 26.3 Å². The minimum Gasteiger partial charge on any atom is -0.175 e. The molecule has 0 atom stereocenters. The number of rotatable bonds is 4. The van der Waals surface area contributed by atoms with E-state index in [1.165, 1.54) is 24.3 Å². The Morgan fingerprint density at radius 1 is 0.560 bits per heavy atom. The van der Waals surface area contributed by atoms with Crippen LogP contribution in [0.3, 0.4) is 0 Å². The molecule has 2 aromatic rings. The summed E-state index contributed by atoms with van der Waals surface area (Å²) in [5.41, 5.74) is -4.82. The fraction of sp³-hybridized carbons (Fsp3) is 0.294. The van der Waals surface area contributed by atoms with Crippen molar-refractivity contribution in [2.75, 3.05) is 0 Å². The zero-order chi connectivity index (χ0) is 18.9. The molecule has 2 aromatic carbocycles. The Hall–Kier alpha value is -1.28. The van der Waals surface area contributed by atoms with E-state index in [0.717, 1.165) is 24.3 Å². The lowest BCUT2D eigenvalue weighted by molar-refractivity contribution is -0.288. The molecule has 0 N–H and O–H groups in total. The van der Waals surface area contributed by atoms with Crippen LogP contribution in [0.5, 0.6) is 0 Å². The monoisotopic (exact) mass is 396 g/mol. The molecule has 136 valence electrons. The predicted molar refractivity (Wildman–Crippen MR) is 91.2 cm³/mol. The van der Waals surface area contributed by atoms with Crippen LogP contribution in [0, 0.1) is 0 Å². The highest BCUT2D eigenvalue weighted by atomic mass is 32.1. The van der Waals surface area contributed by atoms with E-state index < -0.39 is 28.9 Å². The van der Waals surface area contributed by atoms with E-state index >= 15 is 0 Å². The highest BCUT2D eigenvalue weighted by Crippen LogP contribution is 2.56. The molecular weight excluding hydrogens is 382 g/mol. The van der Waals surface area contributed by atoms with Crippen LogP contribution in [-0.2, 0) is 16.9 Å². The summed E-state index contributed by atoms with van der Waals surface area (Å²) in [5, 5.41) is 0. The Morgan fingerprint density at radius 2 is 0.840 bits per heavy atom. The van der Waals surface area contributed by atoms with Gasteiger partial charge in [0, 0.05) is 11.5 Å². The first-order valence-corrected chi connectivity index (χ1v) is 8.38. The zero-order valence-corrected chi connectivity index (χ0v) is 14.5. The first kappa shape index (κ1) is 20.0. The summed E-state index contributed by atoms with van der Waals surface area (Å²) in [6.07, 6.45) is -11.1. The first-order valence-electron chi connectivity index (χ1n) is 7.12. The van der Waals surface area contributed by atoms with E-state index in [0.29, 0.717) is 11.1 Å². The van der Waals surface area contributed by atoms with Crippen LogP contribution in [0.2, 0.25) is 0 Å². The number of halogens is 6. The molecule has 0 nitrogen and oxygen atoms in total. The molecule has 0 radical (unpaired) electrons. The van der Waals surface area contributed by atoms with Crippen LogP contribution in [0.15, 0.2) is 48.5 Å². The molecule has 8 heteroatoms. The number of hydrogen-bond donors (Lipinski definition) is 2. The maximum absolute atomic E-state index is 13.9. The maximum atomic E-state index is 13.9. The lowest BCUT2D eigenvalue weighted by atomic mass is 9.72. The molecule has 0 fully saturated rings. The van der Waals surface area contributed by atoms with Gasteiger partial charge in [-0.25, -0.2) is 0 Å². The lowest BCUT2D eigenvalue weighted by Gasteiger charge is -2.38. The predicted octanol–water partition coefficient (Wildman–Crippen LogP) is 5.96. The van der Waals surface area contributed by atoms with Crippen molar-refractivity contribution in [1.29, 1.82) is 0 Å². The minimum atomic E-state index is -5.57. The molecular formula is C17H14F6S2. The molecule has 0 unspecified atom stereocenters. The van der Waals surface area contributed by atoms with Gasteiger partial charge in [-0.3, -0.25) is 0 Å². The number of benzene rings is 2. The fourth-order valence-corrected chi connectivity index (χ4v) is 3.12. The molecule has 0 heterocycles. The van der Waals surface area contributed by atoms with Crippen LogP contribution in [0.1, 0.15) is 22.3 Å². The Balaban J connectivity index is 2.80. The van der Waals surface area contributed by atoms with Crippen LogP contribution >= 0.6 is 25.3 Å². The van der Waals surface area contributed by atoms with Gasteiger partial charge in [-0.15, -0.1) is 0 Å². The molecule has 2 rings (SSSR count). The number of thiol groups is 2. The second kappa shape index (κ2) is 7.15.